The fraction of sp³-hybridized carbons (Fsp3) is 0.400. The number of benzene rings is 2. The Balaban J connectivity index is 1.28. The minimum atomic E-state index is 0.474. The first-order valence-electron chi connectivity index (χ1n) is 9.68. The molecule has 0 aliphatic carbocycles. The van der Waals surface area contributed by atoms with Gasteiger partial charge in [-0.05, 0) is 60.1 Å². The molecule has 0 aliphatic rings. The van der Waals surface area contributed by atoms with E-state index in [1.807, 2.05) is 0 Å². The van der Waals surface area contributed by atoms with Crippen LogP contribution in [0.25, 0.3) is 22.1 Å². The Morgan fingerprint density at radius 1 is 0.714 bits per heavy atom. The van der Waals surface area contributed by atoms with E-state index in [4.69, 9.17) is 11.5 Å². The first-order valence-corrected chi connectivity index (χ1v) is 9.68. The summed E-state index contributed by atoms with van der Waals surface area (Å²) in [5.74, 6) is 0. The monoisotopic (exact) mass is 376 g/mol. The van der Waals surface area contributed by atoms with Gasteiger partial charge in [-0.15, -0.1) is 10.2 Å². The summed E-state index contributed by atoms with van der Waals surface area (Å²) in [7, 11) is 0. The molecule has 2 aromatic carbocycles. The highest BCUT2D eigenvalue weighted by Gasteiger charge is 2.09. The van der Waals surface area contributed by atoms with Crippen LogP contribution in [0.2, 0.25) is 0 Å². The van der Waals surface area contributed by atoms with E-state index >= 15 is 0 Å². The van der Waals surface area contributed by atoms with Gasteiger partial charge < -0.3 is 11.5 Å². The Morgan fingerprint density at radius 3 is 1.61 bits per heavy atom. The van der Waals surface area contributed by atoms with E-state index in [0.717, 1.165) is 58.9 Å². The van der Waals surface area contributed by atoms with E-state index in [0.29, 0.717) is 13.1 Å². The van der Waals surface area contributed by atoms with Crippen molar-refractivity contribution >= 4 is 22.1 Å². The summed E-state index contributed by atoms with van der Waals surface area (Å²) in [5, 5.41) is 21.5. The van der Waals surface area contributed by atoms with E-state index in [2.05, 4.69) is 55.1 Å². The molecule has 0 amide bonds. The van der Waals surface area contributed by atoms with Crippen LogP contribution >= 0.6 is 0 Å². The third kappa shape index (κ3) is 3.88. The summed E-state index contributed by atoms with van der Waals surface area (Å²) in [6.07, 6.45) is 6.55. The maximum Gasteiger partial charge on any atom is 0.121 e. The van der Waals surface area contributed by atoms with Crippen LogP contribution in [0.4, 0.5) is 0 Å². The van der Waals surface area contributed by atoms with Gasteiger partial charge in [0.05, 0.1) is 11.0 Å². The Hall–Kier alpha value is -2.84. The third-order valence-corrected chi connectivity index (χ3v) is 5.15. The average molecular weight is 376 g/mol. The maximum atomic E-state index is 5.87. The van der Waals surface area contributed by atoms with Crippen LogP contribution in [0.5, 0.6) is 0 Å². The van der Waals surface area contributed by atoms with E-state index in [9.17, 15) is 0 Å². The first-order chi connectivity index (χ1) is 13.8. The number of aromatic amines is 2. The second-order valence-corrected chi connectivity index (χ2v) is 7.02. The van der Waals surface area contributed by atoms with Gasteiger partial charge in [-0.1, -0.05) is 23.3 Å². The molecule has 2 heterocycles. The molecule has 2 radical (unpaired) electrons. The number of nitrogens with zero attached hydrogens (tertiary/aromatic N) is 4. The topological polar surface area (TPSA) is 135 Å². The fourth-order valence-electron chi connectivity index (χ4n) is 3.62. The van der Waals surface area contributed by atoms with Crippen LogP contribution in [-0.2, 0) is 25.9 Å². The lowest BCUT2D eigenvalue weighted by Gasteiger charge is -2.09. The zero-order chi connectivity index (χ0) is 19.3. The Bertz CT molecular complexity index is 979. The van der Waals surface area contributed by atoms with Crippen molar-refractivity contribution < 1.29 is 0 Å². The second-order valence-electron chi connectivity index (χ2n) is 7.02. The minimum Gasteiger partial charge on any atom is -0.326 e. The van der Waals surface area contributed by atoms with E-state index in [-0.39, 0.29) is 0 Å². The lowest BCUT2D eigenvalue weighted by atomic mass is 9.97. The van der Waals surface area contributed by atoms with Crippen LogP contribution in [-0.4, -0.2) is 30.8 Å². The summed E-state index contributed by atoms with van der Waals surface area (Å²) in [6, 6.07) is 10.7. The van der Waals surface area contributed by atoms with E-state index in [1.54, 1.807) is 0 Å². The highest BCUT2D eigenvalue weighted by Crippen LogP contribution is 2.20. The van der Waals surface area contributed by atoms with Crippen LogP contribution in [0, 0.1) is 12.1 Å². The number of aromatic nitrogens is 6. The molecule has 0 aliphatic heterocycles. The number of rotatable bonds is 9. The Morgan fingerprint density at radius 2 is 1.18 bits per heavy atom. The third-order valence-electron chi connectivity index (χ3n) is 5.15. The number of hydrogen-bond acceptors (Lipinski definition) is 6. The standard InChI is InChI=1S/C20H24N8/c21-11-15-9-19-17(23-27-25-19)7-13(15)5-3-1-2-4-6-14-8-18-20(26-28-24-18)10-16(14)12-22/h7-8H,1-6,11-12,21-22H2,(H,23,25,27)(H,24,26,28). The predicted molar refractivity (Wildman–Crippen MR) is 107 cm³/mol. The molecule has 8 nitrogen and oxygen atoms in total. The zero-order valence-electron chi connectivity index (χ0n) is 15.8. The summed E-state index contributed by atoms with van der Waals surface area (Å²) >= 11 is 0. The molecular formula is C20H24N8. The molecular weight excluding hydrogens is 352 g/mol. The molecule has 4 aromatic rings. The van der Waals surface area contributed by atoms with Crippen molar-refractivity contribution in [1.82, 2.24) is 30.8 Å². The summed E-state index contributed by atoms with van der Waals surface area (Å²) in [4.78, 5) is 0. The summed E-state index contributed by atoms with van der Waals surface area (Å²) in [6.45, 7) is 0.947. The van der Waals surface area contributed by atoms with Gasteiger partial charge in [0, 0.05) is 25.2 Å². The SMILES string of the molecule is NCc1[c]c2nn[nH]c2cc1CCCCCCc1cc2[nH]nnc2[c]c1CN. The van der Waals surface area contributed by atoms with Crippen LogP contribution < -0.4 is 11.5 Å². The van der Waals surface area contributed by atoms with Crippen molar-refractivity contribution in [2.45, 2.75) is 51.6 Å². The molecule has 8 heteroatoms. The number of unbranched alkanes of at least 4 members (excludes halogenated alkanes) is 3. The van der Waals surface area contributed by atoms with Gasteiger partial charge in [0.1, 0.15) is 11.0 Å². The molecule has 2 aromatic heterocycles. The van der Waals surface area contributed by atoms with Gasteiger partial charge >= 0.3 is 0 Å². The largest absolute Gasteiger partial charge is 0.326 e. The van der Waals surface area contributed by atoms with Crippen molar-refractivity contribution in [3.8, 4) is 0 Å². The number of H-pyrrole nitrogens is 2. The van der Waals surface area contributed by atoms with Crippen molar-refractivity contribution in [3.63, 3.8) is 0 Å². The molecule has 144 valence electrons. The normalized spacial score (nSPS) is 11.6. The Kier molecular flexibility index (Phi) is 5.59. The molecule has 0 fully saturated rings. The lowest BCUT2D eigenvalue weighted by Crippen LogP contribution is -2.03. The van der Waals surface area contributed by atoms with E-state index in [1.165, 1.54) is 24.0 Å². The number of fused-ring (bicyclic) bond motifs is 2. The Labute approximate surface area is 163 Å². The highest BCUT2D eigenvalue weighted by atomic mass is 15.3. The molecule has 0 spiro atoms. The molecule has 0 atom stereocenters. The predicted octanol–water partition coefficient (Wildman–Crippen LogP) is 2.09. The van der Waals surface area contributed by atoms with Crippen LogP contribution in [0.1, 0.15) is 47.9 Å². The molecule has 28 heavy (non-hydrogen) atoms. The summed E-state index contributed by atoms with van der Waals surface area (Å²) < 4.78 is 0. The zero-order valence-corrected chi connectivity index (χ0v) is 15.8. The lowest BCUT2D eigenvalue weighted by molar-refractivity contribution is 0.637. The van der Waals surface area contributed by atoms with Gasteiger partial charge in [-0.3, -0.25) is 10.2 Å². The number of nitrogens with one attached hydrogen (secondary N) is 2. The van der Waals surface area contributed by atoms with Gasteiger partial charge in [-0.2, -0.15) is 0 Å². The van der Waals surface area contributed by atoms with Crippen molar-refractivity contribution in [1.29, 1.82) is 0 Å². The molecule has 0 saturated heterocycles. The van der Waals surface area contributed by atoms with Crippen molar-refractivity contribution in [2.24, 2.45) is 11.5 Å². The van der Waals surface area contributed by atoms with Gasteiger partial charge in [-0.25, -0.2) is 0 Å². The van der Waals surface area contributed by atoms with Gasteiger partial charge in [0.15, 0.2) is 0 Å². The number of nitrogens with two attached hydrogens (primary N) is 2. The molecule has 0 saturated carbocycles. The average Bonchev–Trinajstić information content (AvgIpc) is 3.37. The highest BCUT2D eigenvalue weighted by molar-refractivity contribution is 5.75. The smallest absolute Gasteiger partial charge is 0.121 e. The molecule has 4 rings (SSSR count). The van der Waals surface area contributed by atoms with E-state index < -0.39 is 0 Å². The van der Waals surface area contributed by atoms with Gasteiger partial charge in [0.2, 0.25) is 0 Å². The van der Waals surface area contributed by atoms with Crippen molar-refractivity contribution in [2.75, 3.05) is 0 Å². The second kappa shape index (κ2) is 8.45. The minimum absolute atomic E-state index is 0.474. The van der Waals surface area contributed by atoms with Gasteiger partial charge in [0.25, 0.3) is 0 Å². The van der Waals surface area contributed by atoms with Crippen molar-refractivity contribution in [3.05, 3.63) is 46.5 Å². The molecule has 0 unspecified atom stereocenters. The first kappa shape index (κ1) is 18.5. The number of hydrogen-bond donors (Lipinski definition) is 4. The summed E-state index contributed by atoms with van der Waals surface area (Å²) in [5.41, 5.74) is 19.6. The quantitative estimate of drug-likeness (QED) is 0.330. The van der Waals surface area contributed by atoms with Crippen LogP contribution in [0.3, 0.4) is 0 Å². The van der Waals surface area contributed by atoms with Crippen LogP contribution in [0.15, 0.2) is 12.1 Å². The fourth-order valence-corrected chi connectivity index (χ4v) is 3.62. The number of aryl methyl sites for hydroxylation is 2. The maximum absolute atomic E-state index is 5.87. The molecule has 6 N–H and O–H groups in total. The molecule has 0 bridgehead atoms.